The van der Waals surface area contributed by atoms with Gasteiger partial charge in [0.05, 0.1) is 46.3 Å². The van der Waals surface area contributed by atoms with Crippen LogP contribution in [0.15, 0.2) is 425 Å². The quantitative estimate of drug-likeness (QED) is 0.0435. The van der Waals surface area contributed by atoms with Crippen LogP contribution < -0.4 is 21.7 Å². The molecule has 0 aliphatic rings. The fraction of sp³-hybridized carbons (Fsp3) is 0.161. The molecular formula is C124H122B2Cl2Fe2N16O2+2. The largest absolute Gasteiger partial charge is 3.00 e. The smallest absolute Gasteiger partial charge is 0.871 e. The molecule has 744 valence electrons. The predicted molar refractivity (Wildman–Crippen MR) is 605 cm³/mol. The minimum Gasteiger partial charge on any atom is -0.871 e. The Morgan fingerprint density at radius 1 is 0.243 bits per heavy atom. The van der Waals surface area contributed by atoms with Crippen molar-refractivity contribution in [2.75, 3.05) is 23.2 Å². The molecule has 24 heteroatoms. The molecule has 2 radical (unpaired) electrons. The van der Waals surface area contributed by atoms with E-state index in [1.165, 1.54) is 13.8 Å². The summed E-state index contributed by atoms with van der Waals surface area (Å²) in [6.45, 7) is 27.8. The number of nitrogens with zero attached hydrogens (tertiary/aromatic N) is 14. The molecule has 0 aliphatic heterocycles. The van der Waals surface area contributed by atoms with E-state index in [-0.39, 0.29) is 67.3 Å². The normalized spacial score (nSPS) is 11.0. The summed E-state index contributed by atoms with van der Waals surface area (Å²) >= 11 is 10.1. The number of rotatable bonds is 19. The summed E-state index contributed by atoms with van der Waals surface area (Å²) < 4.78 is 13.0. The van der Waals surface area contributed by atoms with Gasteiger partial charge in [0.25, 0.3) is 0 Å². The van der Waals surface area contributed by atoms with Gasteiger partial charge in [-0.2, -0.15) is 10.5 Å². The molecule has 0 atom stereocenters. The number of nitrogens with two attached hydrogens (primary N) is 2. The summed E-state index contributed by atoms with van der Waals surface area (Å²) in [5.74, 6) is 1.06. The molecule has 0 unspecified atom stereocenters. The predicted octanol–water partition coefficient (Wildman–Crippen LogP) is 28.3. The molecule has 20 rings (SSSR count). The third-order valence-electron chi connectivity index (χ3n) is 24.8. The van der Waals surface area contributed by atoms with Crippen molar-refractivity contribution in [1.29, 1.82) is 10.5 Å². The molecule has 0 spiro atoms. The van der Waals surface area contributed by atoms with Gasteiger partial charge < -0.3 is 49.2 Å². The Kier molecular flexibility index (Phi) is 38.5. The zero-order valence-electron chi connectivity index (χ0n) is 85.9. The number of hydrogen-bond donors (Lipinski definition) is 2. The second kappa shape index (κ2) is 51.4. The molecule has 20 aromatic rings. The molecule has 6 heterocycles. The first-order chi connectivity index (χ1) is 70.4. The van der Waals surface area contributed by atoms with Gasteiger partial charge in [-0.3, -0.25) is 0 Å². The summed E-state index contributed by atoms with van der Waals surface area (Å²) in [4.78, 5) is 0. The van der Waals surface area contributed by atoms with Crippen molar-refractivity contribution < 1.29 is 44.4 Å². The van der Waals surface area contributed by atoms with E-state index in [2.05, 4.69) is 397 Å². The Morgan fingerprint density at radius 3 is 0.500 bits per heavy atom. The first-order valence-corrected chi connectivity index (χ1v) is 50.0. The van der Waals surface area contributed by atoms with Gasteiger partial charge in [0.1, 0.15) is 0 Å². The van der Waals surface area contributed by atoms with Crippen molar-refractivity contribution in [1.82, 2.24) is 58.1 Å². The van der Waals surface area contributed by atoms with Crippen molar-refractivity contribution in [2.45, 2.75) is 119 Å². The van der Waals surface area contributed by atoms with E-state index in [0.717, 1.165) is 157 Å². The van der Waals surface area contributed by atoms with E-state index in [0.29, 0.717) is 23.1 Å². The van der Waals surface area contributed by atoms with Crippen LogP contribution in [0.3, 0.4) is 0 Å². The summed E-state index contributed by atoms with van der Waals surface area (Å²) in [6.07, 6.45) is 0. The number of aromatic nitrogens is 12. The van der Waals surface area contributed by atoms with Gasteiger partial charge in [-0.25, -0.2) is 30.6 Å². The number of anilines is 2. The number of halogens is 2. The maximum atomic E-state index is 12.0. The summed E-state index contributed by atoms with van der Waals surface area (Å²) in [7, 11) is -3.92. The summed E-state index contributed by atoms with van der Waals surface area (Å²) in [5, 5.41) is 71.4. The summed E-state index contributed by atoms with van der Waals surface area (Å²) in [5.41, 5.74) is 39.6. The molecule has 0 saturated heterocycles. The molecule has 0 bridgehead atoms. The third kappa shape index (κ3) is 27.5. The molecule has 0 saturated carbocycles. The topological polar surface area (TPSA) is 253 Å². The monoisotopic (exact) mass is 2070 g/mol. The Morgan fingerprint density at radius 2 is 0.378 bits per heavy atom. The van der Waals surface area contributed by atoms with E-state index in [1.54, 1.807) is 24.3 Å². The van der Waals surface area contributed by atoms with Crippen LogP contribution in [0, 0.1) is 22.7 Å². The first kappa shape index (κ1) is 111. The number of nitriles is 2. The van der Waals surface area contributed by atoms with Crippen LogP contribution in [-0.4, -0.2) is 84.1 Å². The van der Waals surface area contributed by atoms with Gasteiger partial charge in [-0.1, -0.05) is 471 Å². The fourth-order valence-corrected chi connectivity index (χ4v) is 17.4. The van der Waals surface area contributed by atoms with E-state index < -0.39 is 14.2 Å². The van der Waals surface area contributed by atoms with Crippen molar-refractivity contribution in [2.24, 2.45) is 0 Å². The minimum absolute atomic E-state index is 0. The van der Waals surface area contributed by atoms with Crippen LogP contribution in [0.5, 0.6) is 11.5 Å². The molecule has 14 aromatic carbocycles. The molecule has 6 aromatic heterocycles. The zero-order valence-corrected chi connectivity index (χ0v) is 89.7. The Bertz CT molecular complexity index is 6650. The number of nitrogen functional groups attached to an aromatic ring is 2. The average Bonchev–Trinajstić information content (AvgIpc) is 1.59. The van der Waals surface area contributed by atoms with E-state index in [4.69, 9.17) is 75.8 Å². The van der Waals surface area contributed by atoms with Gasteiger partial charge in [-0.15, -0.1) is 23.2 Å². The molecule has 0 fully saturated rings. The van der Waals surface area contributed by atoms with Crippen LogP contribution in [0.25, 0.3) is 135 Å². The van der Waals surface area contributed by atoms with E-state index >= 15 is 0 Å². The number of alkyl halides is 2. The third-order valence-corrected chi connectivity index (χ3v) is 25.3. The standard InChI is InChI=1S/2C45H34BN6.2C14H23NO.C2H4Cl2.2C2H3N.2Fe/c2*1-7-19-34(20-8-1)40-31-43(37-25-13-4-14-26-37)50(47-40)46(51-44(38-27-15-5-16-28-38)32-41(48-51)35-21-9-2-10-22-35)52-45(39-29-17-6-18-30-39)33-42(49-52)36-23-11-3-12-24-36;2*1-13(2,3)9-7-10(14(4,5)6)12(16)11(15)8-9;3-1-2-4;2*1-2-3;;/h2*1-33,46H;2*7-8,16H,15H2,1-6H3;1-2H2;2*1H3;;/q2*-1;;;;;;2*+3/p-2. The van der Waals surface area contributed by atoms with Crippen LogP contribution in [0.1, 0.15) is 119 Å². The van der Waals surface area contributed by atoms with Gasteiger partial charge in [-0.05, 0) is 126 Å². The van der Waals surface area contributed by atoms with Crippen LogP contribution in [0.4, 0.5) is 11.4 Å². The number of benzene rings is 14. The first-order valence-electron chi connectivity index (χ1n) is 48.9. The Labute approximate surface area is 902 Å². The maximum Gasteiger partial charge on any atom is 3.00 e. The van der Waals surface area contributed by atoms with Crippen molar-refractivity contribution in [3.8, 4) is 159 Å². The summed E-state index contributed by atoms with van der Waals surface area (Å²) in [6, 6.07) is 149. The van der Waals surface area contributed by atoms with E-state index in [1.807, 2.05) is 126 Å². The van der Waals surface area contributed by atoms with Gasteiger partial charge >= 0.3 is 48.4 Å². The van der Waals surface area contributed by atoms with Gasteiger partial charge in [0, 0.05) is 105 Å². The van der Waals surface area contributed by atoms with Crippen LogP contribution >= 0.6 is 23.2 Å². The second-order valence-electron chi connectivity index (χ2n) is 39.4. The fourth-order valence-electron chi connectivity index (χ4n) is 17.4. The number of hydrogen-bond acceptors (Lipinski definition) is 12. The Balaban J connectivity index is 0.000000188. The maximum absolute atomic E-state index is 12.0. The van der Waals surface area contributed by atoms with Gasteiger partial charge in [0.2, 0.25) is 0 Å². The zero-order chi connectivity index (χ0) is 104. The van der Waals surface area contributed by atoms with E-state index in [9.17, 15) is 10.2 Å². The molecule has 0 aliphatic carbocycles. The van der Waals surface area contributed by atoms with Crippen LogP contribution in [0.2, 0.25) is 0 Å². The molecule has 148 heavy (non-hydrogen) atoms. The second-order valence-corrected chi connectivity index (χ2v) is 40.2. The van der Waals surface area contributed by atoms with Crippen LogP contribution in [-0.2, 0) is 55.8 Å². The molecule has 4 N–H and O–H groups in total. The van der Waals surface area contributed by atoms with Crippen molar-refractivity contribution in [3.05, 3.63) is 447 Å². The molecular weight excluding hydrogens is 1950 g/mol. The Hall–Kier alpha value is -15.7. The van der Waals surface area contributed by atoms with Crippen molar-refractivity contribution in [3.63, 3.8) is 0 Å². The molecule has 18 nitrogen and oxygen atoms in total. The minimum atomic E-state index is -1.96. The average molecular weight is 2070 g/mol. The molecule has 0 amide bonds. The van der Waals surface area contributed by atoms with Gasteiger partial charge in [0.15, 0.2) is 0 Å². The SMILES string of the molecule is CC#N.CC#N.CC(C)(C)c1cc(N)c([O-])c(C(C)(C)C)c1.CC(C)(C)c1cc(N)c([O-])c(C(C)(C)C)c1.ClCCCl.[Fe+3].[Fe+3].c1ccc(-c2cc(-c3ccccc3)n([BH-](n3nc(-c4ccccc4)cc3-c3ccccc3)n3nc(-c4ccccc4)cc3-c3ccccc3)n2)cc1.c1ccc(-c2cc(-c3ccccc3)n([BH-](n3nc(-c4ccccc4)cc3-c3ccccc3)n3nc(-c4ccccc4)cc3-c3ccccc3)n2)cc1. The van der Waals surface area contributed by atoms with Crippen molar-refractivity contribution >= 4 is 48.8 Å².